The van der Waals surface area contributed by atoms with E-state index in [9.17, 15) is 9.59 Å². The van der Waals surface area contributed by atoms with Crippen molar-refractivity contribution in [1.82, 2.24) is 14.9 Å². The quantitative estimate of drug-likeness (QED) is 0.367. The van der Waals surface area contributed by atoms with Crippen molar-refractivity contribution in [3.05, 3.63) is 81.8 Å². The second-order valence-corrected chi connectivity index (χ2v) is 7.99. The normalized spacial score (nSPS) is 15.5. The monoisotopic (exact) mass is 450 g/mol. The summed E-state index contributed by atoms with van der Waals surface area (Å²) in [7, 11) is 0. The molecule has 31 heavy (non-hydrogen) atoms. The Morgan fingerprint density at radius 3 is 2.58 bits per heavy atom. The first kappa shape index (κ1) is 21.0. The summed E-state index contributed by atoms with van der Waals surface area (Å²) in [5.41, 5.74) is 3.77. The Hall–Kier alpha value is -3.29. The molecule has 0 spiro atoms. The van der Waals surface area contributed by atoms with Gasteiger partial charge in [-0.25, -0.2) is 4.98 Å². The average Bonchev–Trinajstić information content (AvgIpc) is 3.02. The Bertz CT molecular complexity index is 1260. The molecule has 1 N–H and O–H groups in total. The molecule has 0 bridgehead atoms. The lowest BCUT2D eigenvalue weighted by molar-refractivity contribution is -0.122. The van der Waals surface area contributed by atoms with Crippen molar-refractivity contribution in [2.24, 2.45) is 0 Å². The van der Waals surface area contributed by atoms with Crippen LogP contribution in [0.5, 0.6) is 0 Å². The van der Waals surface area contributed by atoms with Gasteiger partial charge < -0.3 is 4.57 Å². The van der Waals surface area contributed by atoms with Crippen LogP contribution in [0.2, 0.25) is 5.02 Å². The van der Waals surface area contributed by atoms with E-state index in [-0.39, 0.29) is 10.7 Å². The Morgan fingerprint density at radius 2 is 1.87 bits per heavy atom. The third kappa shape index (κ3) is 3.66. The number of amides is 2. The molecule has 1 aliphatic heterocycles. The number of rotatable bonds is 3. The van der Waals surface area contributed by atoms with Crippen LogP contribution < -0.4 is 10.2 Å². The van der Waals surface area contributed by atoms with E-state index in [1.54, 1.807) is 37.4 Å². The van der Waals surface area contributed by atoms with Crippen molar-refractivity contribution in [3.63, 3.8) is 0 Å². The van der Waals surface area contributed by atoms with E-state index in [0.29, 0.717) is 16.3 Å². The Labute approximate surface area is 190 Å². The van der Waals surface area contributed by atoms with E-state index in [0.717, 1.165) is 22.8 Å². The van der Waals surface area contributed by atoms with Crippen LogP contribution >= 0.6 is 23.8 Å². The highest BCUT2D eigenvalue weighted by Crippen LogP contribution is 2.30. The van der Waals surface area contributed by atoms with Crippen molar-refractivity contribution in [1.29, 1.82) is 0 Å². The number of thiocarbonyl (C=S) groups is 1. The zero-order valence-corrected chi connectivity index (χ0v) is 18.7. The van der Waals surface area contributed by atoms with Crippen LogP contribution in [0.3, 0.4) is 0 Å². The van der Waals surface area contributed by atoms with Crippen molar-refractivity contribution >= 4 is 52.5 Å². The van der Waals surface area contributed by atoms with E-state index in [4.69, 9.17) is 23.8 Å². The molecule has 0 unspecified atom stereocenters. The molecule has 3 heterocycles. The van der Waals surface area contributed by atoms with E-state index >= 15 is 0 Å². The molecule has 0 radical (unpaired) electrons. The molecule has 4 rings (SSSR count). The highest BCUT2D eigenvalue weighted by molar-refractivity contribution is 7.80. The van der Waals surface area contributed by atoms with Crippen LogP contribution in [0, 0.1) is 20.8 Å². The Balaban J connectivity index is 1.79. The maximum atomic E-state index is 13.3. The number of benzene rings is 1. The lowest BCUT2D eigenvalue weighted by Gasteiger charge is -2.30. The van der Waals surface area contributed by atoms with Gasteiger partial charge in [0.25, 0.3) is 11.8 Å². The van der Waals surface area contributed by atoms with Crippen LogP contribution in [-0.2, 0) is 9.59 Å². The van der Waals surface area contributed by atoms with Gasteiger partial charge in [0.15, 0.2) is 5.11 Å². The van der Waals surface area contributed by atoms with Crippen LogP contribution in [0.25, 0.3) is 11.9 Å². The maximum absolute atomic E-state index is 13.3. The van der Waals surface area contributed by atoms with Gasteiger partial charge in [-0.15, -0.1) is 0 Å². The number of hydrogen-bond donors (Lipinski definition) is 1. The molecular formula is C23H19ClN4O2S. The molecule has 1 fully saturated rings. The maximum Gasteiger partial charge on any atom is 0.270 e. The van der Waals surface area contributed by atoms with Gasteiger partial charge in [0.05, 0.1) is 5.69 Å². The van der Waals surface area contributed by atoms with Crippen LogP contribution in [0.4, 0.5) is 5.69 Å². The summed E-state index contributed by atoms with van der Waals surface area (Å²) in [5.74, 6) is -0.269. The molecule has 0 saturated carbocycles. The molecule has 8 heteroatoms. The van der Waals surface area contributed by atoms with E-state index in [2.05, 4.69) is 10.3 Å². The van der Waals surface area contributed by atoms with E-state index < -0.39 is 11.8 Å². The number of carbonyl (C=O) groups is 2. The third-order valence-corrected chi connectivity index (χ3v) is 5.92. The molecule has 1 aliphatic rings. The molecule has 1 saturated heterocycles. The number of anilines is 1. The second kappa shape index (κ2) is 8.09. The highest BCUT2D eigenvalue weighted by Gasteiger charge is 2.35. The number of nitrogens with zero attached hydrogens (tertiary/aromatic N) is 3. The molecule has 2 amide bonds. The summed E-state index contributed by atoms with van der Waals surface area (Å²) >= 11 is 11.5. The fourth-order valence-corrected chi connectivity index (χ4v) is 4.09. The van der Waals surface area contributed by atoms with Crippen molar-refractivity contribution < 1.29 is 9.59 Å². The molecule has 6 nitrogen and oxygen atoms in total. The molecule has 156 valence electrons. The topological polar surface area (TPSA) is 67.2 Å². The van der Waals surface area contributed by atoms with Gasteiger partial charge in [0.1, 0.15) is 11.4 Å². The minimum absolute atomic E-state index is 0.00533. The van der Waals surface area contributed by atoms with Gasteiger partial charge in [0, 0.05) is 22.6 Å². The van der Waals surface area contributed by atoms with Crippen molar-refractivity contribution in [2.45, 2.75) is 20.8 Å². The molecule has 1 aromatic carbocycles. The predicted octanol–water partition coefficient (Wildman–Crippen LogP) is 4.28. The van der Waals surface area contributed by atoms with Crippen LogP contribution in [-0.4, -0.2) is 26.5 Å². The third-order valence-electron chi connectivity index (χ3n) is 5.23. The first-order valence-electron chi connectivity index (χ1n) is 9.56. The highest BCUT2D eigenvalue weighted by atomic mass is 35.5. The van der Waals surface area contributed by atoms with E-state index in [1.165, 1.54) is 4.90 Å². The number of halogens is 1. The largest absolute Gasteiger partial charge is 0.303 e. The summed E-state index contributed by atoms with van der Waals surface area (Å²) in [6.45, 7) is 5.67. The van der Waals surface area contributed by atoms with Crippen molar-refractivity contribution in [3.8, 4) is 5.82 Å². The summed E-state index contributed by atoms with van der Waals surface area (Å²) in [5, 5.41) is 3.15. The summed E-state index contributed by atoms with van der Waals surface area (Å²) in [6, 6.07) is 12.8. The Morgan fingerprint density at radius 1 is 1.10 bits per heavy atom. The molecular weight excluding hydrogens is 432 g/mol. The van der Waals surface area contributed by atoms with Crippen molar-refractivity contribution in [2.75, 3.05) is 4.90 Å². The van der Waals surface area contributed by atoms with Gasteiger partial charge >= 0.3 is 0 Å². The van der Waals surface area contributed by atoms with Gasteiger partial charge in [-0.3, -0.25) is 19.8 Å². The molecule has 3 aromatic rings. The standard InChI is InChI=1S/C23H19ClN4O2S/c1-13-11-16(15(3)27(13)20-9-4-5-10-25-20)12-17-21(29)26-23(31)28(22(17)30)19-8-6-7-18(24)14(19)2/h4-12H,1-3H3,(H,26,29,31)/b17-12-. The number of pyridine rings is 1. The lowest BCUT2D eigenvalue weighted by atomic mass is 10.1. The minimum Gasteiger partial charge on any atom is -0.303 e. The SMILES string of the molecule is Cc1c(Cl)cccc1N1C(=O)/C(=C\c2cc(C)n(-c3ccccn3)c2C)C(=O)NC1=S. The lowest BCUT2D eigenvalue weighted by Crippen LogP contribution is -2.54. The molecule has 0 aliphatic carbocycles. The fraction of sp³-hybridized carbons (Fsp3) is 0.130. The van der Waals surface area contributed by atoms with E-state index in [1.807, 2.05) is 42.7 Å². The Kier molecular flexibility index (Phi) is 5.47. The number of aryl methyl sites for hydroxylation is 1. The minimum atomic E-state index is -0.534. The number of aromatic nitrogens is 2. The number of carbonyl (C=O) groups excluding carboxylic acids is 2. The van der Waals surface area contributed by atoms with Gasteiger partial charge in [-0.1, -0.05) is 23.7 Å². The zero-order chi connectivity index (χ0) is 22.3. The fourth-order valence-electron chi connectivity index (χ4n) is 3.64. The first-order chi connectivity index (χ1) is 14.8. The summed E-state index contributed by atoms with van der Waals surface area (Å²) < 4.78 is 1.97. The van der Waals surface area contributed by atoms with Crippen LogP contribution in [0.1, 0.15) is 22.5 Å². The summed E-state index contributed by atoms with van der Waals surface area (Å²) in [4.78, 5) is 31.7. The zero-order valence-electron chi connectivity index (χ0n) is 17.1. The molecule has 0 atom stereocenters. The molecule has 2 aromatic heterocycles. The van der Waals surface area contributed by atoms with Gasteiger partial charge in [0.2, 0.25) is 0 Å². The second-order valence-electron chi connectivity index (χ2n) is 7.19. The smallest absolute Gasteiger partial charge is 0.270 e. The van der Waals surface area contributed by atoms with Crippen LogP contribution in [0.15, 0.2) is 54.2 Å². The first-order valence-corrected chi connectivity index (χ1v) is 10.3. The van der Waals surface area contributed by atoms with Gasteiger partial charge in [-0.2, -0.15) is 0 Å². The summed E-state index contributed by atoms with van der Waals surface area (Å²) in [6.07, 6.45) is 3.31. The number of hydrogen-bond acceptors (Lipinski definition) is 4. The van der Waals surface area contributed by atoms with Gasteiger partial charge in [-0.05, 0) is 80.5 Å². The average molecular weight is 451 g/mol. The predicted molar refractivity (Wildman–Crippen MR) is 125 cm³/mol. The number of nitrogens with one attached hydrogen (secondary N) is 1.